The summed E-state index contributed by atoms with van der Waals surface area (Å²) in [5.74, 6) is -0.970. The molecule has 7 nitrogen and oxygen atoms in total. The molecule has 0 spiro atoms. The molecular formula is C35H39BN2O5S. The highest BCUT2D eigenvalue weighted by Crippen LogP contribution is 2.51. The fourth-order valence-corrected chi connectivity index (χ4v) is 8.16. The average Bonchev–Trinajstić information content (AvgIpc) is 3.61. The maximum absolute atomic E-state index is 13.9. The molecule has 0 saturated carbocycles. The Labute approximate surface area is 263 Å². The fraction of sp³-hybridized carbons (Fsp3) is 0.400. The number of nitrogens with zero attached hydrogens (tertiary/aromatic N) is 2. The van der Waals surface area contributed by atoms with Crippen LogP contribution in [0.15, 0.2) is 65.2 Å². The van der Waals surface area contributed by atoms with Gasteiger partial charge in [-0.25, -0.2) is 0 Å². The summed E-state index contributed by atoms with van der Waals surface area (Å²) in [4.78, 5) is 34.6. The summed E-state index contributed by atoms with van der Waals surface area (Å²) in [6.07, 6.45) is 7.42. The minimum absolute atomic E-state index is 0.0848. The maximum Gasteiger partial charge on any atom is 0.455 e. The van der Waals surface area contributed by atoms with Crippen LogP contribution >= 0.6 is 11.3 Å². The molecule has 0 bridgehead atoms. The summed E-state index contributed by atoms with van der Waals surface area (Å²) in [7, 11) is -1.01. The molecule has 0 radical (unpaired) electrons. The number of aromatic hydroxyl groups is 1. The number of aryl methyl sites for hydroxylation is 2. The molecule has 2 saturated heterocycles. The zero-order valence-corrected chi connectivity index (χ0v) is 26.3. The third-order valence-electron chi connectivity index (χ3n) is 9.37. The Morgan fingerprint density at radius 3 is 2.61 bits per heavy atom. The van der Waals surface area contributed by atoms with Crippen LogP contribution in [0.4, 0.5) is 0 Å². The second-order valence-corrected chi connectivity index (χ2v) is 13.4. The Morgan fingerprint density at radius 1 is 1.14 bits per heavy atom. The highest BCUT2D eigenvalue weighted by molar-refractivity contribution is 7.09. The molecule has 3 aromatic rings. The molecule has 1 aliphatic carbocycles. The van der Waals surface area contributed by atoms with Crippen molar-refractivity contribution in [1.82, 2.24) is 9.88 Å². The summed E-state index contributed by atoms with van der Waals surface area (Å²) in [6, 6.07) is 13.7. The molecule has 2 amide bonds. The Morgan fingerprint density at radius 2 is 1.93 bits per heavy atom. The number of benzene rings is 1. The van der Waals surface area contributed by atoms with Crippen LogP contribution in [-0.2, 0) is 20.8 Å². The van der Waals surface area contributed by atoms with E-state index in [9.17, 15) is 19.7 Å². The van der Waals surface area contributed by atoms with E-state index in [0.717, 1.165) is 51.2 Å². The normalized spacial score (nSPS) is 23.8. The number of carbonyl (C=O) groups excluding carboxylic acids is 2. The largest absolute Gasteiger partial charge is 0.507 e. The van der Waals surface area contributed by atoms with Crippen molar-refractivity contribution >= 4 is 41.9 Å². The number of likely N-dealkylation sites (tertiary alicyclic amines) is 1. The van der Waals surface area contributed by atoms with E-state index < -0.39 is 13.0 Å². The van der Waals surface area contributed by atoms with Gasteiger partial charge in [-0.05, 0) is 121 Å². The number of aromatic nitrogens is 1. The quantitative estimate of drug-likeness (QED) is 0.161. The second kappa shape index (κ2) is 12.8. The molecule has 44 heavy (non-hydrogen) atoms. The number of allylic oxidation sites excluding steroid dienone is 2. The standard InChI is InChI=1S/C35H39BN2O5S/c1-4-8-25-18-27-32(35(41)38(34(27)40)20-26-9-7-14-44-26)28-19-36(42)43-30(31(25)28)12-11-24(29-10-5-6-13-37-29)17-23-15-21(2)33(39)22(3)16-23/h5-7,9-10,13-17,27-28,30,32,39,42H,4,8,11-12,18-20H2,1-3H3/b24-17-/t27-,28+,30-,32-/m1/s1. The van der Waals surface area contributed by atoms with E-state index in [1.54, 1.807) is 17.5 Å². The van der Waals surface area contributed by atoms with Crippen LogP contribution in [0.25, 0.3) is 11.6 Å². The molecule has 2 fully saturated rings. The van der Waals surface area contributed by atoms with Gasteiger partial charge in [-0.2, -0.15) is 0 Å². The second-order valence-electron chi connectivity index (χ2n) is 12.3. The fourth-order valence-electron chi connectivity index (χ4n) is 7.47. The molecule has 1 aromatic carbocycles. The van der Waals surface area contributed by atoms with Crippen LogP contribution in [0.2, 0.25) is 6.32 Å². The number of pyridine rings is 1. The van der Waals surface area contributed by atoms with Crippen molar-refractivity contribution in [2.75, 3.05) is 0 Å². The van der Waals surface area contributed by atoms with Gasteiger partial charge in [0.25, 0.3) is 0 Å². The summed E-state index contributed by atoms with van der Waals surface area (Å²) in [5.41, 5.74) is 6.82. The Hall–Kier alpha value is -3.53. The zero-order chi connectivity index (χ0) is 31.0. The molecule has 6 rings (SSSR count). The van der Waals surface area contributed by atoms with E-state index in [0.29, 0.717) is 37.9 Å². The average molecular weight is 611 g/mol. The van der Waals surface area contributed by atoms with Crippen molar-refractivity contribution in [3.63, 3.8) is 0 Å². The topological polar surface area (TPSA) is 100.0 Å². The number of rotatable bonds is 9. The lowest BCUT2D eigenvalue weighted by atomic mass is 9.58. The molecule has 4 atom stereocenters. The van der Waals surface area contributed by atoms with Gasteiger partial charge >= 0.3 is 7.12 Å². The van der Waals surface area contributed by atoms with Gasteiger partial charge in [0.15, 0.2) is 0 Å². The molecule has 2 aromatic heterocycles. The van der Waals surface area contributed by atoms with Gasteiger partial charge in [0.05, 0.1) is 30.2 Å². The molecule has 2 aliphatic heterocycles. The summed E-state index contributed by atoms with van der Waals surface area (Å²) >= 11 is 1.55. The van der Waals surface area contributed by atoms with Gasteiger partial charge in [0.1, 0.15) is 5.75 Å². The predicted octanol–water partition coefficient (Wildman–Crippen LogP) is 6.58. The Bertz CT molecular complexity index is 1580. The van der Waals surface area contributed by atoms with Gasteiger partial charge < -0.3 is 14.8 Å². The number of fused-ring (bicyclic) bond motifs is 3. The van der Waals surface area contributed by atoms with Crippen molar-refractivity contribution in [3.05, 3.63) is 92.4 Å². The molecular weight excluding hydrogens is 571 g/mol. The van der Waals surface area contributed by atoms with E-state index in [2.05, 4.69) is 18.0 Å². The number of thiophene rings is 1. The third kappa shape index (κ3) is 5.93. The Balaban J connectivity index is 1.31. The number of phenolic OH excluding ortho intramolecular Hbond substituents is 1. The molecule has 228 valence electrons. The number of imide groups is 1. The smallest absolute Gasteiger partial charge is 0.455 e. The lowest BCUT2D eigenvalue weighted by Gasteiger charge is -2.43. The van der Waals surface area contributed by atoms with Gasteiger partial charge in [-0.15, -0.1) is 11.3 Å². The number of carbonyl (C=O) groups is 2. The van der Waals surface area contributed by atoms with Crippen LogP contribution in [0.3, 0.4) is 0 Å². The van der Waals surface area contributed by atoms with Crippen LogP contribution in [0, 0.1) is 31.6 Å². The minimum atomic E-state index is -1.01. The number of phenols is 1. The highest BCUT2D eigenvalue weighted by Gasteiger charge is 2.57. The van der Waals surface area contributed by atoms with Crippen molar-refractivity contribution in [3.8, 4) is 5.75 Å². The van der Waals surface area contributed by atoms with E-state index in [-0.39, 0.29) is 29.8 Å². The lowest BCUT2D eigenvalue weighted by Crippen LogP contribution is -2.46. The van der Waals surface area contributed by atoms with Crippen LogP contribution in [-0.4, -0.2) is 45.1 Å². The SMILES string of the molecule is CCCC1=C2[C@@H](CC/C(=C/c3cc(C)c(O)c(C)c3)c3ccccn3)OB(O)C[C@@H]2[C@@H]2C(=O)N(Cc3cccs3)C(=O)[C@@H]2C1. The van der Waals surface area contributed by atoms with Crippen LogP contribution < -0.4 is 0 Å². The molecule has 4 heterocycles. The highest BCUT2D eigenvalue weighted by atomic mass is 32.1. The van der Waals surface area contributed by atoms with Gasteiger partial charge in [-0.1, -0.05) is 31.1 Å². The van der Waals surface area contributed by atoms with Crippen molar-refractivity contribution in [2.24, 2.45) is 17.8 Å². The monoisotopic (exact) mass is 610 g/mol. The third-order valence-corrected chi connectivity index (χ3v) is 10.2. The van der Waals surface area contributed by atoms with Gasteiger partial charge in [0.2, 0.25) is 11.8 Å². The molecule has 0 unspecified atom stereocenters. The first-order valence-electron chi connectivity index (χ1n) is 15.6. The van der Waals surface area contributed by atoms with Gasteiger partial charge in [-0.3, -0.25) is 19.5 Å². The lowest BCUT2D eigenvalue weighted by molar-refractivity contribution is -0.140. The Kier molecular flexibility index (Phi) is 8.90. The van der Waals surface area contributed by atoms with Gasteiger partial charge in [0, 0.05) is 11.1 Å². The molecule has 3 aliphatic rings. The van der Waals surface area contributed by atoms with E-state index >= 15 is 0 Å². The van der Waals surface area contributed by atoms with Crippen LogP contribution in [0.1, 0.15) is 66.3 Å². The number of amides is 2. The van der Waals surface area contributed by atoms with Crippen molar-refractivity contribution in [1.29, 1.82) is 0 Å². The van der Waals surface area contributed by atoms with Crippen LogP contribution in [0.5, 0.6) is 5.75 Å². The molecule has 9 heteroatoms. The summed E-state index contributed by atoms with van der Waals surface area (Å²) in [5, 5.41) is 23.3. The van der Waals surface area contributed by atoms with E-state index in [4.69, 9.17) is 4.65 Å². The maximum atomic E-state index is 13.9. The first-order chi connectivity index (χ1) is 21.2. The molecule has 2 N–H and O–H groups in total. The van der Waals surface area contributed by atoms with Crippen molar-refractivity contribution < 1.29 is 24.4 Å². The minimum Gasteiger partial charge on any atom is -0.507 e. The predicted molar refractivity (Wildman–Crippen MR) is 173 cm³/mol. The first kappa shape index (κ1) is 30.5. The first-order valence-corrected chi connectivity index (χ1v) is 16.5. The van der Waals surface area contributed by atoms with E-state index in [1.165, 1.54) is 10.5 Å². The van der Waals surface area contributed by atoms with E-state index in [1.807, 2.05) is 61.7 Å². The zero-order valence-electron chi connectivity index (χ0n) is 25.5. The summed E-state index contributed by atoms with van der Waals surface area (Å²) < 4.78 is 6.25. The van der Waals surface area contributed by atoms with Crippen molar-refractivity contribution in [2.45, 2.75) is 71.8 Å². The summed E-state index contributed by atoms with van der Waals surface area (Å²) in [6.45, 7) is 6.24. The number of hydrogen-bond acceptors (Lipinski definition) is 7. The number of hydrogen-bond donors (Lipinski definition) is 2.